The summed E-state index contributed by atoms with van der Waals surface area (Å²) in [6, 6.07) is 0. The summed E-state index contributed by atoms with van der Waals surface area (Å²) in [6.07, 6.45) is 11.8. The summed E-state index contributed by atoms with van der Waals surface area (Å²) in [5, 5.41) is 0. The Labute approximate surface area is 126 Å². The number of hydrogen-bond donors (Lipinski definition) is 0. The molecule has 2 fully saturated rings. The van der Waals surface area contributed by atoms with Gasteiger partial charge in [0.25, 0.3) is 0 Å². The Morgan fingerprint density at radius 1 is 0.947 bits per heavy atom. The minimum atomic E-state index is 0.0897. The highest BCUT2D eigenvalue weighted by atomic mass is 79.9. The fourth-order valence-corrected chi connectivity index (χ4v) is 3.74. The lowest BCUT2D eigenvalue weighted by atomic mass is 9.88. The predicted molar refractivity (Wildman–Crippen MR) is 82.6 cm³/mol. The van der Waals surface area contributed by atoms with Gasteiger partial charge in [-0.05, 0) is 32.1 Å². The Hall–Kier alpha value is 0.400. The van der Waals surface area contributed by atoms with Gasteiger partial charge in [0.1, 0.15) is 0 Å². The summed E-state index contributed by atoms with van der Waals surface area (Å²) < 4.78 is 12.0. The van der Waals surface area contributed by atoms with E-state index in [0.29, 0.717) is 11.8 Å². The van der Waals surface area contributed by atoms with E-state index >= 15 is 0 Å². The lowest BCUT2D eigenvalue weighted by Crippen LogP contribution is -2.38. The second kappa shape index (κ2) is 8.63. The van der Waals surface area contributed by atoms with Crippen molar-refractivity contribution < 1.29 is 9.47 Å². The summed E-state index contributed by atoms with van der Waals surface area (Å²) in [5.41, 5.74) is 0. The van der Waals surface area contributed by atoms with E-state index in [4.69, 9.17) is 9.47 Å². The monoisotopic (exact) mass is 332 g/mol. The number of halogens is 1. The molecule has 0 N–H and O–H groups in total. The third-order valence-corrected chi connectivity index (χ3v) is 5.46. The molecule has 1 aliphatic heterocycles. The van der Waals surface area contributed by atoms with Crippen LogP contribution < -0.4 is 0 Å². The van der Waals surface area contributed by atoms with E-state index in [2.05, 4.69) is 22.9 Å². The van der Waals surface area contributed by atoms with Gasteiger partial charge in [-0.3, -0.25) is 0 Å². The molecule has 1 saturated carbocycles. The zero-order chi connectivity index (χ0) is 13.5. The van der Waals surface area contributed by atoms with Crippen molar-refractivity contribution in [3.05, 3.63) is 0 Å². The molecule has 1 aliphatic carbocycles. The summed E-state index contributed by atoms with van der Waals surface area (Å²) in [5.74, 6) is 1.27. The van der Waals surface area contributed by atoms with Crippen LogP contribution in [0.4, 0.5) is 0 Å². The quantitative estimate of drug-likeness (QED) is 0.508. The van der Waals surface area contributed by atoms with Gasteiger partial charge in [-0.1, -0.05) is 48.5 Å². The fraction of sp³-hybridized carbons (Fsp3) is 1.00. The van der Waals surface area contributed by atoms with Gasteiger partial charge in [0.05, 0.1) is 13.2 Å². The van der Waals surface area contributed by atoms with Crippen molar-refractivity contribution >= 4 is 15.9 Å². The van der Waals surface area contributed by atoms with Gasteiger partial charge < -0.3 is 9.47 Å². The molecule has 0 unspecified atom stereocenters. The molecule has 2 rings (SSSR count). The molecule has 1 saturated heterocycles. The Morgan fingerprint density at radius 3 is 2.26 bits per heavy atom. The molecule has 0 atom stereocenters. The van der Waals surface area contributed by atoms with Gasteiger partial charge >= 0.3 is 0 Å². The average Bonchev–Trinajstić information content (AvgIpc) is 2.45. The highest BCUT2D eigenvalue weighted by Crippen LogP contribution is 2.34. The normalized spacial score (nSPS) is 36.3. The maximum Gasteiger partial charge on any atom is 0.160 e. The van der Waals surface area contributed by atoms with Crippen molar-refractivity contribution in [2.24, 2.45) is 11.8 Å². The molecule has 1 heterocycles. The van der Waals surface area contributed by atoms with E-state index < -0.39 is 0 Å². The van der Waals surface area contributed by atoms with E-state index in [1.54, 1.807) is 0 Å². The van der Waals surface area contributed by atoms with E-state index in [1.165, 1.54) is 57.8 Å². The van der Waals surface area contributed by atoms with Crippen LogP contribution in [0.3, 0.4) is 0 Å². The zero-order valence-corrected chi connectivity index (χ0v) is 13.9. The number of hydrogen-bond acceptors (Lipinski definition) is 2. The minimum absolute atomic E-state index is 0.0897. The molecule has 2 aliphatic rings. The topological polar surface area (TPSA) is 18.5 Å². The van der Waals surface area contributed by atoms with E-state index in [0.717, 1.165) is 18.0 Å². The minimum Gasteiger partial charge on any atom is -0.352 e. The number of unbranched alkanes of at least 4 members (excludes halogenated alkanes) is 3. The van der Waals surface area contributed by atoms with E-state index in [-0.39, 0.29) is 6.29 Å². The van der Waals surface area contributed by atoms with Gasteiger partial charge in [0.2, 0.25) is 0 Å². The van der Waals surface area contributed by atoms with Crippen molar-refractivity contribution in [3.63, 3.8) is 0 Å². The Morgan fingerprint density at radius 2 is 1.63 bits per heavy atom. The molecular formula is C16H29BrO2. The van der Waals surface area contributed by atoms with E-state index in [1.807, 2.05) is 0 Å². The maximum atomic E-state index is 5.98. The summed E-state index contributed by atoms with van der Waals surface area (Å²) in [7, 11) is 0. The molecule has 3 heteroatoms. The lowest BCUT2D eigenvalue weighted by molar-refractivity contribution is -0.228. The molecule has 0 aromatic heterocycles. The third kappa shape index (κ3) is 5.35. The third-order valence-electron chi connectivity index (χ3n) is 4.54. The zero-order valence-electron chi connectivity index (χ0n) is 12.3. The molecule has 0 spiro atoms. The summed E-state index contributed by atoms with van der Waals surface area (Å²) in [6.45, 7) is 4.11. The molecule has 0 bridgehead atoms. The molecule has 0 radical (unpaired) electrons. The van der Waals surface area contributed by atoms with Crippen LogP contribution in [-0.4, -0.2) is 24.3 Å². The molecule has 0 aromatic carbocycles. The lowest BCUT2D eigenvalue weighted by Gasteiger charge is -2.36. The second-order valence-corrected chi connectivity index (χ2v) is 7.56. The predicted octanol–water partition coefficient (Wildman–Crippen LogP) is 4.90. The van der Waals surface area contributed by atoms with Crippen LogP contribution in [0.5, 0.6) is 0 Å². The molecule has 2 nitrogen and oxygen atoms in total. The SMILES string of the molecule is CCCCCCC1COC(C2CCC(Br)CC2)OC1. The van der Waals surface area contributed by atoms with Crippen molar-refractivity contribution in [3.8, 4) is 0 Å². The van der Waals surface area contributed by atoms with Crippen molar-refractivity contribution in [1.82, 2.24) is 0 Å². The van der Waals surface area contributed by atoms with Gasteiger partial charge in [0.15, 0.2) is 6.29 Å². The van der Waals surface area contributed by atoms with E-state index in [9.17, 15) is 0 Å². The summed E-state index contributed by atoms with van der Waals surface area (Å²) in [4.78, 5) is 0.721. The smallest absolute Gasteiger partial charge is 0.160 e. The average molecular weight is 333 g/mol. The Kier molecular flexibility index (Phi) is 7.17. The molecule has 0 aromatic rings. The van der Waals surface area contributed by atoms with Crippen molar-refractivity contribution in [2.75, 3.05) is 13.2 Å². The second-order valence-electron chi connectivity index (χ2n) is 6.26. The Balaban J connectivity index is 1.59. The van der Waals surface area contributed by atoms with Crippen molar-refractivity contribution in [1.29, 1.82) is 0 Å². The van der Waals surface area contributed by atoms with Crippen LogP contribution >= 0.6 is 15.9 Å². The first kappa shape index (κ1) is 15.8. The first-order valence-electron chi connectivity index (χ1n) is 8.17. The maximum absolute atomic E-state index is 5.98. The molecule has 112 valence electrons. The van der Waals surface area contributed by atoms with Gasteiger partial charge in [-0.2, -0.15) is 0 Å². The van der Waals surface area contributed by atoms with Crippen molar-refractivity contribution in [2.45, 2.75) is 75.8 Å². The van der Waals surface area contributed by atoms with Gasteiger partial charge in [-0.25, -0.2) is 0 Å². The number of alkyl halides is 1. The first-order chi connectivity index (χ1) is 9.29. The first-order valence-corrected chi connectivity index (χ1v) is 9.08. The highest BCUT2D eigenvalue weighted by Gasteiger charge is 2.31. The van der Waals surface area contributed by atoms with Crippen LogP contribution in [0, 0.1) is 11.8 Å². The summed E-state index contributed by atoms with van der Waals surface area (Å²) >= 11 is 3.71. The van der Waals surface area contributed by atoms with Crippen LogP contribution in [0.1, 0.15) is 64.7 Å². The van der Waals surface area contributed by atoms with Crippen LogP contribution in [0.25, 0.3) is 0 Å². The fourth-order valence-electron chi connectivity index (χ4n) is 3.21. The molecule has 19 heavy (non-hydrogen) atoms. The largest absolute Gasteiger partial charge is 0.352 e. The molecule has 0 amide bonds. The highest BCUT2D eigenvalue weighted by molar-refractivity contribution is 9.09. The standard InChI is InChI=1S/C16H29BrO2/c1-2-3-4-5-6-13-11-18-16(19-12-13)14-7-9-15(17)10-8-14/h13-16H,2-12H2,1H3. The number of rotatable bonds is 6. The van der Waals surface area contributed by atoms with Crippen LogP contribution in [0.15, 0.2) is 0 Å². The van der Waals surface area contributed by atoms with Crippen LogP contribution in [-0.2, 0) is 9.47 Å². The van der Waals surface area contributed by atoms with Gasteiger partial charge in [-0.15, -0.1) is 0 Å². The number of ether oxygens (including phenoxy) is 2. The molecular weight excluding hydrogens is 304 g/mol. The Bertz CT molecular complexity index is 231. The van der Waals surface area contributed by atoms with Gasteiger partial charge in [0, 0.05) is 16.7 Å². The van der Waals surface area contributed by atoms with Crippen LogP contribution in [0.2, 0.25) is 0 Å².